The lowest BCUT2D eigenvalue weighted by Crippen LogP contribution is -2.17. The van der Waals surface area contributed by atoms with Crippen molar-refractivity contribution in [1.29, 1.82) is 0 Å². The highest BCUT2D eigenvalue weighted by Gasteiger charge is 2.13. The van der Waals surface area contributed by atoms with Gasteiger partial charge in [0.1, 0.15) is 0 Å². The molecule has 0 fully saturated rings. The van der Waals surface area contributed by atoms with Crippen molar-refractivity contribution in [2.75, 3.05) is 19.8 Å². The Morgan fingerprint density at radius 2 is 2.13 bits per heavy atom. The number of hydrogen-bond acceptors (Lipinski definition) is 3. The molecule has 1 atom stereocenters. The Bertz CT molecular complexity index is 320. The molecule has 1 rings (SSSR count). The van der Waals surface area contributed by atoms with Crippen LogP contribution in [-0.2, 0) is 4.74 Å². The number of hydrogen-bond donors (Lipinski definition) is 2. The molecule has 0 amide bonds. The molecule has 3 nitrogen and oxygen atoms in total. The molecule has 0 radical (unpaired) electrons. The first-order chi connectivity index (χ1) is 7.19. The first-order valence-electron chi connectivity index (χ1n) is 4.56. The van der Waals surface area contributed by atoms with Gasteiger partial charge in [-0.05, 0) is 18.2 Å². The molecule has 0 saturated heterocycles. The van der Waals surface area contributed by atoms with Gasteiger partial charge in [-0.15, -0.1) is 0 Å². The number of rotatable bonds is 5. The maximum atomic E-state index is 8.66. The summed E-state index contributed by atoms with van der Waals surface area (Å²) in [5.41, 5.74) is 6.31. The molecule has 0 spiro atoms. The Morgan fingerprint density at radius 1 is 1.40 bits per heavy atom. The van der Waals surface area contributed by atoms with E-state index in [0.717, 1.165) is 5.56 Å². The van der Waals surface area contributed by atoms with Crippen LogP contribution in [-0.4, -0.2) is 24.9 Å². The highest BCUT2D eigenvalue weighted by molar-refractivity contribution is 6.33. The summed E-state index contributed by atoms with van der Waals surface area (Å²) in [7, 11) is 0. The zero-order valence-electron chi connectivity index (χ0n) is 8.12. The van der Waals surface area contributed by atoms with Crippen LogP contribution in [0.25, 0.3) is 0 Å². The lowest BCUT2D eigenvalue weighted by Gasteiger charge is -2.17. The van der Waals surface area contributed by atoms with Gasteiger partial charge in [0.2, 0.25) is 0 Å². The summed E-state index contributed by atoms with van der Waals surface area (Å²) in [4.78, 5) is 0. The van der Waals surface area contributed by atoms with Crippen LogP contribution >= 0.6 is 23.2 Å². The molecule has 0 aliphatic carbocycles. The van der Waals surface area contributed by atoms with Gasteiger partial charge in [0.05, 0.1) is 19.3 Å². The zero-order valence-corrected chi connectivity index (χ0v) is 9.63. The molecule has 0 bridgehead atoms. The second kappa shape index (κ2) is 6.30. The van der Waals surface area contributed by atoms with Crippen LogP contribution in [0.4, 0.5) is 0 Å². The van der Waals surface area contributed by atoms with Crippen molar-refractivity contribution in [3.8, 4) is 0 Å². The predicted molar refractivity (Wildman–Crippen MR) is 61.3 cm³/mol. The highest BCUT2D eigenvalue weighted by Crippen LogP contribution is 2.27. The maximum absolute atomic E-state index is 8.66. The highest BCUT2D eigenvalue weighted by atomic mass is 35.5. The third-order valence-electron chi connectivity index (χ3n) is 1.93. The fraction of sp³-hybridized carbons (Fsp3) is 0.400. The summed E-state index contributed by atoms with van der Waals surface area (Å²) in [5.74, 6) is 0. The fourth-order valence-corrected chi connectivity index (χ4v) is 1.66. The van der Waals surface area contributed by atoms with Crippen LogP contribution < -0.4 is 5.73 Å². The summed E-state index contributed by atoms with van der Waals surface area (Å²) in [6.45, 7) is 0.472. The third-order valence-corrected chi connectivity index (χ3v) is 2.51. The molecule has 1 aromatic carbocycles. The molecule has 5 heteroatoms. The van der Waals surface area contributed by atoms with Crippen molar-refractivity contribution in [2.45, 2.75) is 6.10 Å². The molecule has 0 heterocycles. The lowest BCUT2D eigenvalue weighted by molar-refractivity contribution is 0.0329. The number of benzene rings is 1. The standard InChI is InChI=1S/C10H13Cl2NO2/c11-7-1-2-9(12)8(5-7)10(6-13)15-4-3-14/h1-2,5,10,14H,3-4,6,13H2. The number of aliphatic hydroxyl groups excluding tert-OH is 1. The zero-order chi connectivity index (χ0) is 11.3. The molecule has 3 N–H and O–H groups in total. The van der Waals surface area contributed by atoms with Crippen molar-refractivity contribution in [2.24, 2.45) is 5.73 Å². The van der Waals surface area contributed by atoms with Crippen LogP contribution in [0.3, 0.4) is 0 Å². The van der Waals surface area contributed by atoms with E-state index < -0.39 is 0 Å². The Morgan fingerprint density at radius 3 is 2.73 bits per heavy atom. The smallest absolute Gasteiger partial charge is 0.0963 e. The van der Waals surface area contributed by atoms with E-state index in [9.17, 15) is 0 Å². The van der Waals surface area contributed by atoms with Crippen molar-refractivity contribution in [1.82, 2.24) is 0 Å². The molecule has 0 aliphatic rings. The Balaban J connectivity index is 2.85. The maximum Gasteiger partial charge on any atom is 0.0963 e. The summed E-state index contributed by atoms with van der Waals surface area (Å²) in [6, 6.07) is 5.12. The first kappa shape index (κ1) is 12.7. The van der Waals surface area contributed by atoms with E-state index in [4.69, 9.17) is 38.8 Å². The minimum atomic E-state index is -0.330. The van der Waals surface area contributed by atoms with Crippen molar-refractivity contribution < 1.29 is 9.84 Å². The number of nitrogens with two attached hydrogens (primary N) is 1. The lowest BCUT2D eigenvalue weighted by atomic mass is 10.1. The van der Waals surface area contributed by atoms with Gasteiger partial charge in [0.15, 0.2) is 0 Å². The van der Waals surface area contributed by atoms with Crippen LogP contribution in [0.2, 0.25) is 10.0 Å². The van der Waals surface area contributed by atoms with Gasteiger partial charge in [0.25, 0.3) is 0 Å². The summed E-state index contributed by atoms with van der Waals surface area (Å²) in [6.07, 6.45) is -0.330. The van der Waals surface area contributed by atoms with E-state index in [1.807, 2.05) is 0 Å². The van der Waals surface area contributed by atoms with Crippen molar-refractivity contribution >= 4 is 23.2 Å². The van der Waals surface area contributed by atoms with E-state index in [1.165, 1.54) is 0 Å². The van der Waals surface area contributed by atoms with Gasteiger partial charge in [-0.25, -0.2) is 0 Å². The van der Waals surface area contributed by atoms with Gasteiger partial charge in [-0.1, -0.05) is 23.2 Å². The van der Waals surface area contributed by atoms with E-state index in [1.54, 1.807) is 18.2 Å². The Hall–Kier alpha value is -0.320. The van der Waals surface area contributed by atoms with Gasteiger partial charge in [-0.3, -0.25) is 0 Å². The second-order valence-electron chi connectivity index (χ2n) is 2.98. The predicted octanol–water partition coefficient (Wildman–Crippen LogP) is 2.00. The van der Waals surface area contributed by atoms with Crippen LogP contribution in [0.5, 0.6) is 0 Å². The molecule has 15 heavy (non-hydrogen) atoms. The normalized spacial score (nSPS) is 12.8. The second-order valence-corrected chi connectivity index (χ2v) is 3.83. The summed E-state index contributed by atoms with van der Waals surface area (Å²) < 4.78 is 5.34. The Labute approximate surface area is 98.7 Å². The molecule has 0 saturated carbocycles. The van der Waals surface area contributed by atoms with Crippen molar-refractivity contribution in [3.05, 3.63) is 33.8 Å². The largest absolute Gasteiger partial charge is 0.394 e. The van der Waals surface area contributed by atoms with Gasteiger partial charge >= 0.3 is 0 Å². The monoisotopic (exact) mass is 249 g/mol. The number of ether oxygens (including phenoxy) is 1. The SMILES string of the molecule is NCC(OCCO)c1cc(Cl)ccc1Cl. The molecule has 0 aromatic heterocycles. The minimum Gasteiger partial charge on any atom is -0.394 e. The molecule has 0 aliphatic heterocycles. The Kier molecular flexibility index (Phi) is 5.36. The average molecular weight is 250 g/mol. The molecule has 84 valence electrons. The summed E-state index contributed by atoms with van der Waals surface area (Å²) in [5, 5.41) is 9.80. The quantitative estimate of drug-likeness (QED) is 0.840. The van der Waals surface area contributed by atoms with Gasteiger partial charge in [-0.2, -0.15) is 0 Å². The summed E-state index contributed by atoms with van der Waals surface area (Å²) >= 11 is 11.8. The van der Waals surface area contributed by atoms with Crippen LogP contribution in [0.1, 0.15) is 11.7 Å². The first-order valence-corrected chi connectivity index (χ1v) is 5.32. The van der Waals surface area contributed by atoms with Crippen LogP contribution in [0, 0.1) is 0 Å². The molecule has 1 aromatic rings. The number of aliphatic hydroxyl groups is 1. The van der Waals surface area contributed by atoms with Crippen molar-refractivity contribution in [3.63, 3.8) is 0 Å². The average Bonchev–Trinajstić information content (AvgIpc) is 2.24. The van der Waals surface area contributed by atoms with Gasteiger partial charge in [0, 0.05) is 22.2 Å². The molecular weight excluding hydrogens is 237 g/mol. The topological polar surface area (TPSA) is 55.5 Å². The molecular formula is C10H13Cl2NO2. The minimum absolute atomic E-state index is 0.0469. The molecule has 1 unspecified atom stereocenters. The van der Waals surface area contributed by atoms with E-state index >= 15 is 0 Å². The van der Waals surface area contributed by atoms with E-state index in [-0.39, 0.29) is 19.3 Å². The van der Waals surface area contributed by atoms with Crippen LogP contribution in [0.15, 0.2) is 18.2 Å². The van der Waals surface area contributed by atoms with E-state index in [2.05, 4.69) is 0 Å². The van der Waals surface area contributed by atoms with E-state index in [0.29, 0.717) is 16.6 Å². The number of halogens is 2. The van der Waals surface area contributed by atoms with Gasteiger partial charge < -0.3 is 15.6 Å². The third kappa shape index (κ3) is 3.63. The fourth-order valence-electron chi connectivity index (χ4n) is 1.24.